The summed E-state index contributed by atoms with van der Waals surface area (Å²) in [6.07, 6.45) is 4.99. The molecule has 2 aliphatic rings. The number of hydrogen-bond acceptors (Lipinski definition) is 1. The molecule has 0 heterocycles. The molecule has 0 amide bonds. The van der Waals surface area contributed by atoms with Crippen LogP contribution in [0.25, 0.3) is 0 Å². The van der Waals surface area contributed by atoms with Gasteiger partial charge >= 0.3 is 0 Å². The molecule has 1 aromatic carbocycles. The normalized spacial score (nSPS) is 23.6. The Morgan fingerprint density at radius 1 is 1.18 bits per heavy atom. The van der Waals surface area contributed by atoms with Gasteiger partial charge in [-0.05, 0) is 37.2 Å². The first kappa shape index (κ1) is 10.7. The van der Waals surface area contributed by atoms with Crippen molar-refractivity contribution >= 4 is 0 Å². The van der Waals surface area contributed by atoms with E-state index in [-0.39, 0.29) is 5.41 Å². The average Bonchev–Trinajstić information content (AvgIpc) is 2.17. The second-order valence-corrected chi connectivity index (χ2v) is 5.53. The highest BCUT2D eigenvalue weighted by Crippen LogP contribution is 2.64. The maximum atomic E-state index is 13.7. The Balaban J connectivity index is 1.94. The van der Waals surface area contributed by atoms with Crippen molar-refractivity contribution < 1.29 is 8.78 Å². The van der Waals surface area contributed by atoms with E-state index in [4.69, 9.17) is 0 Å². The SMILES string of the molecule is N#CC1(c2ccc(F)cc2F)CC2(CCC2)C1. The van der Waals surface area contributed by atoms with E-state index < -0.39 is 17.0 Å². The summed E-state index contributed by atoms with van der Waals surface area (Å²) in [4.78, 5) is 0. The molecule has 2 saturated carbocycles. The fourth-order valence-electron chi connectivity index (χ4n) is 3.47. The molecular formula is C14H13F2N. The van der Waals surface area contributed by atoms with Crippen LogP contribution in [0, 0.1) is 28.4 Å². The van der Waals surface area contributed by atoms with Gasteiger partial charge in [-0.1, -0.05) is 12.5 Å². The van der Waals surface area contributed by atoms with Gasteiger partial charge in [0.25, 0.3) is 0 Å². The molecule has 0 radical (unpaired) electrons. The molecule has 3 heteroatoms. The Morgan fingerprint density at radius 3 is 2.35 bits per heavy atom. The van der Waals surface area contributed by atoms with E-state index in [1.165, 1.54) is 18.6 Å². The molecule has 1 spiro atoms. The van der Waals surface area contributed by atoms with Crippen LogP contribution in [0.2, 0.25) is 0 Å². The predicted octanol–water partition coefficient (Wildman–Crippen LogP) is 3.69. The van der Waals surface area contributed by atoms with Crippen LogP contribution in [0.15, 0.2) is 18.2 Å². The van der Waals surface area contributed by atoms with Crippen molar-refractivity contribution in [3.63, 3.8) is 0 Å². The number of nitriles is 1. The number of benzene rings is 1. The van der Waals surface area contributed by atoms with E-state index in [9.17, 15) is 14.0 Å². The van der Waals surface area contributed by atoms with Crippen molar-refractivity contribution in [2.45, 2.75) is 37.5 Å². The minimum absolute atomic E-state index is 0.288. The molecule has 0 aliphatic heterocycles. The van der Waals surface area contributed by atoms with Gasteiger partial charge in [0.1, 0.15) is 11.6 Å². The van der Waals surface area contributed by atoms with Crippen LogP contribution in [0.5, 0.6) is 0 Å². The molecule has 0 saturated heterocycles. The summed E-state index contributed by atoms with van der Waals surface area (Å²) in [5.41, 5.74) is -0.0479. The molecule has 2 aliphatic carbocycles. The molecule has 1 nitrogen and oxygen atoms in total. The van der Waals surface area contributed by atoms with Gasteiger partial charge in [-0.15, -0.1) is 0 Å². The van der Waals surface area contributed by atoms with Crippen LogP contribution in [0.1, 0.15) is 37.7 Å². The minimum atomic E-state index is -0.710. The lowest BCUT2D eigenvalue weighted by Gasteiger charge is -2.58. The Hall–Kier alpha value is -1.43. The topological polar surface area (TPSA) is 23.8 Å². The quantitative estimate of drug-likeness (QED) is 0.725. The second-order valence-electron chi connectivity index (χ2n) is 5.53. The fourth-order valence-corrected chi connectivity index (χ4v) is 3.47. The van der Waals surface area contributed by atoms with Crippen molar-refractivity contribution in [2.75, 3.05) is 0 Å². The second kappa shape index (κ2) is 3.29. The molecule has 1 aromatic rings. The Labute approximate surface area is 99.1 Å². The Kier molecular flexibility index (Phi) is 2.07. The smallest absolute Gasteiger partial charge is 0.130 e. The fraction of sp³-hybridized carbons (Fsp3) is 0.500. The lowest BCUT2D eigenvalue weighted by molar-refractivity contribution is -0.0240. The summed E-state index contributed by atoms with van der Waals surface area (Å²) in [6.45, 7) is 0. The van der Waals surface area contributed by atoms with Crippen LogP contribution in [-0.4, -0.2) is 0 Å². The zero-order valence-electron chi connectivity index (χ0n) is 9.47. The van der Waals surface area contributed by atoms with Crippen molar-refractivity contribution in [3.05, 3.63) is 35.4 Å². The lowest BCUT2D eigenvalue weighted by Crippen LogP contribution is -2.52. The molecule has 17 heavy (non-hydrogen) atoms. The predicted molar refractivity (Wildman–Crippen MR) is 59.2 cm³/mol. The highest BCUT2D eigenvalue weighted by atomic mass is 19.1. The van der Waals surface area contributed by atoms with Gasteiger partial charge in [-0.3, -0.25) is 0 Å². The molecular weight excluding hydrogens is 220 g/mol. The van der Waals surface area contributed by atoms with E-state index in [1.807, 2.05) is 0 Å². The summed E-state index contributed by atoms with van der Waals surface area (Å²) in [5.74, 6) is -1.17. The summed E-state index contributed by atoms with van der Waals surface area (Å²) in [7, 11) is 0. The van der Waals surface area contributed by atoms with Gasteiger partial charge in [0.15, 0.2) is 0 Å². The van der Waals surface area contributed by atoms with Gasteiger partial charge in [0.05, 0.1) is 11.5 Å². The summed E-state index contributed by atoms with van der Waals surface area (Å²) < 4.78 is 26.6. The van der Waals surface area contributed by atoms with E-state index in [0.29, 0.717) is 5.56 Å². The first-order valence-corrected chi connectivity index (χ1v) is 5.96. The van der Waals surface area contributed by atoms with Crippen molar-refractivity contribution in [1.82, 2.24) is 0 Å². The van der Waals surface area contributed by atoms with E-state index in [2.05, 4.69) is 6.07 Å². The zero-order chi connectivity index (χ0) is 12.1. The summed E-state index contributed by atoms with van der Waals surface area (Å²) in [5, 5.41) is 9.33. The third-order valence-electron chi connectivity index (χ3n) is 4.43. The molecule has 0 unspecified atom stereocenters. The molecule has 2 fully saturated rings. The molecule has 0 aromatic heterocycles. The maximum absolute atomic E-state index is 13.7. The third kappa shape index (κ3) is 1.40. The van der Waals surface area contributed by atoms with E-state index in [1.54, 1.807) is 0 Å². The molecule has 0 bridgehead atoms. The summed E-state index contributed by atoms with van der Waals surface area (Å²) >= 11 is 0. The van der Waals surface area contributed by atoms with E-state index >= 15 is 0 Å². The van der Waals surface area contributed by atoms with Crippen LogP contribution in [0.4, 0.5) is 8.78 Å². The monoisotopic (exact) mass is 233 g/mol. The van der Waals surface area contributed by atoms with E-state index in [0.717, 1.165) is 31.7 Å². The maximum Gasteiger partial charge on any atom is 0.130 e. The number of nitrogens with zero attached hydrogens (tertiary/aromatic N) is 1. The number of halogens is 2. The number of rotatable bonds is 1. The molecule has 88 valence electrons. The van der Waals surface area contributed by atoms with Gasteiger partial charge in [0.2, 0.25) is 0 Å². The van der Waals surface area contributed by atoms with Crippen LogP contribution in [0.3, 0.4) is 0 Å². The molecule has 0 atom stereocenters. The van der Waals surface area contributed by atoms with Crippen molar-refractivity contribution in [1.29, 1.82) is 5.26 Å². The number of hydrogen-bond donors (Lipinski definition) is 0. The lowest BCUT2D eigenvalue weighted by atomic mass is 9.44. The summed E-state index contributed by atoms with van der Waals surface area (Å²) in [6, 6.07) is 5.80. The van der Waals surface area contributed by atoms with Gasteiger partial charge in [0, 0.05) is 11.6 Å². The Morgan fingerprint density at radius 2 is 1.88 bits per heavy atom. The molecule has 0 N–H and O–H groups in total. The van der Waals surface area contributed by atoms with Gasteiger partial charge in [-0.25, -0.2) is 8.78 Å². The van der Waals surface area contributed by atoms with Crippen LogP contribution < -0.4 is 0 Å². The first-order chi connectivity index (χ1) is 8.09. The Bertz CT molecular complexity index is 503. The highest BCUT2D eigenvalue weighted by molar-refractivity contribution is 5.39. The average molecular weight is 233 g/mol. The largest absolute Gasteiger partial charge is 0.207 e. The minimum Gasteiger partial charge on any atom is -0.207 e. The molecule has 3 rings (SSSR count). The van der Waals surface area contributed by atoms with Crippen molar-refractivity contribution in [2.24, 2.45) is 5.41 Å². The highest BCUT2D eigenvalue weighted by Gasteiger charge is 2.58. The van der Waals surface area contributed by atoms with Crippen LogP contribution in [-0.2, 0) is 5.41 Å². The standard InChI is InChI=1S/C14H13F2N/c15-10-2-3-11(12(16)6-10)14(9-17)7-13(8-14)4-1-5-13/h2-3,6H,1,4-5,7-8H2. The van der Waals surface area contributed by atoms with Gasteiger partial charge in [-0.2, -0.15) is 5.26 Å². The third-order valence-corrected chi connectivity index (χ3v) is 4.43. The first-order valence-electron chi connectivity index (χ1n) is 5.96. The van der Waals surface area contributed by atoms with Crippen molar-refractivity contribution in [3.8, 4) is 6.07 Å². The van der Waals surface area contributed by atoms with Crippen LogP contribution >= 0.6 is 0 Å². The zero-order valence-corrected chi connectivity index (χ0v) is 9.47. The van der Waals surface area contributed by atoms with Gasteiger partial charge < -0.3 is 0 Å².